The van der Waals surface area contributed by atoms with Crippen LogP contribution in [0.2, 0.25) is 5.02 Å². The number of nitrogens with zero attached hydrogens (tertiary/aromatic N) is 1. The second-order valence-electron chi connectivity index (χ2n) is 8.81. The number of carbonyl (C=O) groups excluding carboxylic acids is 2. The first-order chi connectivity index (χ1) is 17.2. The number of phenolic OH excluding ortho intramolecular Hbond substituents is 1. The van der Waals surface area contributed by atoms with Crippen molar-refractivity contribution in [1.29, 1.82) is 0 Å². The van der Waals surface area contributed by atoms with Gasteiger partial charge in [-0.1, -0.05) is 37.6 Å². The molecule has 3 aromatic carbocycles. The molecule has 7 nitrogen and oxygen atoms in total. The number of halogens is 1. The molecule has 3 aromatic rings. The summed E-state index contributed by atoms with van der Waals surface area (Å²) in [5, 5.41) is 21.6. The third-order valence-corrected chi connectivity index (χ3v) is 6.09. The van der Waals surface area contributed by atoms with Gasteiger partial charge in [-0.15, -0.1) is 0 Å². The van der Waals surface area contributed by atoms with Crippen LogP contribution >= 0.6 is 11.6 Å². The van der Waals surface area contributed by atoms with Crippen molar-refractivity contribution in [3.8, 4) is 17.2 Å². The minimum atomic E-state index is -1.01. The Morgan fingerprint density at radius 1 is 1.03 bits per heavy atom. The number of amides is 1. The van der Waals surface area contributed by atoms with Crippen molar-refractivity contribution in [2.75, 3.05) is 18.6 Å². The Balaban J connectivity index is 1.86. The molecule has 0 aliphatic carbocycles. The van der Waals surface area contributed by atoms with E-state index in [0.717, 1.165) is 0 Å². The normalized spacial score (nSPS) is 17.0. The van der Waals surface area contributed by atoms with Gasteiger partial charge in [-0.25, -0.2) is 0 Å². The van der Waals surface area contributed by atoms with E-state index in [9.17, 15) is 19.8 Å². The Hall–Kier alpha value is -3.97. The highest BCUT2D eigenvalue weighted by Crippen LogP contribution is 2.44. The number of aliphatic hydroxyl groups is 1. The van der Waals surface area contributed by atoms with Gasteiger partial charge in [0.1, 0.15) is 23.0 Å². The van der Waals surface area contributed by atoms with Crippen molar-refractivity contribution in [2.45, 2.75) is 19.9 Å². The fourth-order valence-corrected chi connectivity index (χ4v) is 4.24. The van der Waals surface area contributed by atoms with E-state index in [2.05, 4.69) is 0 Å². The number of anilines is 1. The molecule has 186 valence electrons. The molecule has 0 aromatic heterocycles. The first-order valence-electron chi connectivity index (χ1n) is 11.4. The van der Waals surface area contributed by atoms with Gasteiger partial charge in [0.25, 0.3) is 11.7 Å². The molecule has 1 fully saturated rings. The van der Waals surface area contributed by atoms with E-state index in [-0.39, 0.29) is 21.9 Å². The van der Waals surface area contributed by atoms with Gasteiger partial charge in [-0.05, 0) is 66.1 Å². The van der Waals surface area contributed by atoms with E-state index < -0.39 is 23.5 Å². The van der Waals surface area contributed by atoms with E-state index in [4.69, 9.17) is 21.1 Å². The van der Waals surface area contributed by atoms with E-state index in [1.165, 1.54) is 36.3 Å². The van der Waals surface area contributed by atoms with Crippen molar-refractivity contribution >= 4 is 34.7 Å². The van der Waals surface area contributed by atoms with Gasteiger partial charge < -0.3 is 19.7 Å². The molecular weight excluding hydrogens is 482 g/mol. The number of Topliss-reactive ketones (excluding diaryl/α,β-unsaturated/α-hetero) is 1. The Labute approximate surface area is 214 Å². The number of carbonyl (C=O) groups is 2. The average molecular weight is 508 g/mol. The van der Waals surface area contributed by atoms with Crippen molar-refractivity contribution in [3.05, 3.63) is 88.5 Å². The van der Waals surface area contributed by atoms with Crippen LogP contribution in [0.25, 0.3) is 5.76 Å². The Bertz CT molecular complexity index is 1330. The number of aromatic hydroxyl groups is 1. The minimum Gasteiger partial charge on any atom is -0.508 e. The van der Waals surface area contributed by atoms with Crippen LogP contribution in [-0.4, -0.2) is 35.6 Å². The summed E-state index contributed by atoms with van der Waals surface area (Å²) in [6.07, 6.45) is 0. The zero-order chi connectivity index (χ0) is 26.0. The molecular formula is C28H26ClNO6. The fourth-order valence-electron chi connectivity index (χ4n) is 4.03. The van der Waals surface area contributed by atoms with Crippen LogP contribution in [0.15, 0.2) is 72.3 Å². The van der Waals surface area contributed by atoms with Crippen molar-refractivity contribution in [2.24, 2.45) is 5.92 Å². The number of aliphatic hydroxyl groups excluding tert-OH is 1. The number of ketones is 1. The smallest absolute Gasteiger partial charge is 0.300 e. The van der Waals surface area contributed by atoms with E-state index in [1.807, 2.05) is 13.8 Å². The molecule has 1 unspecified atom stereocenters. The molecule has 1 aliphatic rings. The monoisotopic (exact) mass is 507 g/mol. The fraction of sp³-hybridized carbons (Fsp3) is 0.214. The summed E-state index contributed by atoms with van der Waals surface area (Å²) in [6, 6.07) is 16.6. The summed E-state index contributed by atoms with van der Waals surface area (Å²) in [6.45, 7) is 4.61. The zero-order valence-electron chi connectivity index (χ0n) is 20.1. The third kappa shape index (κ3) is 4.88. The Morgan fingerprint density at radius 3 is 2.36 bits per heavy atom. The summed E-state index contributed by atoms with van der Waals surface area (Å²) in [5.41, 5.74) is 0.866. The maximum absolute atomic E-state index is 13.3. The molecule has 0 bridgehead atoms. The number of phenols is 1. The maximum Gasteiger partial charge on any atom is 0.300 e. The molecule has 1 atom stereocenters. The molecule has 2 N–H and O–H groups in total. The number of methoxy groups -OCH3 is 1. The molecule has 0 radical (unpaired) electrons. The largest absolute Gasteiger partial charge is 0.508 e. The lowest BCUT2D eigenvalue weighted by molar-refractivity contribution is -0.132. The Morgan fingerprint density at radius 2 is 1.72 bits per heavy atom. The van der Waals surface area contributed by atoms with Crippen LogP contribution in [0, 0.1) is 5.92 Å². The summed E-state index contributed by atoms with van der Waals surface area (Å²) >= 11 is 6.34. The summed E-state index contributed by atoms with van der Waals surface area (Å²) < 4.78 is 11.0. The predicted octanol–water partition coefficient (Wildman–Crippen LogP) is 5.72. The number of benzene rings is 3. The second-order valence-corrected chi connectivity index (χ2v) is 9.22. The maximum atomic E-state index is 13.3. The molecule has 1 aliphatic heterocycles. The number of hydrogen-bond donors (Lipinski definition) is 2. The SMILES string of the molecule is COc1ccc(Cl)c(/C(O)=C2\C(=O)C(=O)N(c3ccc(OCC(C)C)cc3)C2c2cccc(O)c2)c1. The number of ether oxygens (including phenoxy) is 2. The van der Waals surface area contributed by atoms with Crippen LogP contribution in [-0.2, 0) is 9.59 Å². The van der Waals surface area contributed by atoms with Gasteiger partial charge in [-0.3, -0.25) is 14.5 Å². The molecule has 0 spiro atoms. The second kappa shape index (κ2) is 10.3. The van der Waals surface area contributed by atoms with Crippen LogP contribution in [0.1, 0.15) is 31.0 Å². The first kappa shape index (κ1) is 25.1. The number of hydrogen-bond acceptors (Lipinski definition) is 6. The Kier molecular flexibility index (Phi) is 7.22. The average Bonchev–Trinajstić information content (AvgIpc) is 3.13. The van der Waals surface area contributed by atoms with E-state index in [1.54, 1.807) is 42.5 Å². The lowest BCUT2D eigenvalue weighted by atomic mass is 9.95. The topological polar surface area (TPSA) is 96.3 Å². The van der Waals surface area contributed by atoms with Gasteiger partial charge in [0.2, 0.25) is 0 Å². The van der Waals surface area contributed by atoms with Crippen LogP contribution < -0.4 is 14.4 Å². The van der Waals surface area contributed by atoms with Gasteiger partial charge in [0, 0.05) is 11.3 Å². The van der Waals surface area contributed by atoms with Crippen molar-refractivity contribution in [3.63, 3.8) is 0 Å². The lowest BCUT2D eigenvalue weighted by Gasteiger charge is -2.26. The molecule has 4 rings (SSSR count). The van der Waals surface area contributed by atoms with Crippen LogP contribution in [0.3, 0.4) is 0 Å². The van der Waals surface area contributed by atoms with Crippen LogP contribution in [0.5, 0.6) is 17.2 Å². The number of rotatable bonds is 7. The summed E-state index contributed by atoms with van der Waals surface area (Å²) in [4.78, 5) is 27.9. The third-order valence-electron chi connectivity index (χ3n) is 5.76. The zero-order valence-corrected chi connectivity index (χ0v) is 20.8. The van der Waals surface area contributed by atoms with Crippen molar-refractivity contribution in [1.82, 2.24) is 0 Å². The standard InChI is InChI=1S/C28H26ClNO6/c1-16(2)15-36-20-9-7-18(8-10-20)30-25(17-5-4-6-19(31)13-17)24(27(33)28(30)34)26(32)22-14-21(35-3)11-12-23(22)29/h4-14,16,25,31-32H,15H2,1-3H3/b26-24+. The van der Waals surface area contributed by atoms with Crippen molar-refractivity contribution < 1.29 is 29.3 Å². The van der Waals surface area contributed by atoms with Gasteiger partial charge >= 0.3 is 0 Å². The summed E-state index contributed by atoms with van der Waals surface area (Å²) in [5.74, 6) is -0.793. The van der Waals surface area contributed by atoms with Gasteiger partial charge in [-0.2, -0.15) is 0 Å². The minimum absolute atomic E-state index is 0.0464. The molecule has 1 amide bonds. The lowest BCUT2D eigenvalue weighted by Crippen LogP contribution is -2.29. The van der Waals surface area contributed by atoms with E-state index >= 15 is 0 Å². The molecule has 8 heteroatoms. The molecule has 0 saturated carbocycles. The van der Waals surface area contributed by atoms with Crippen LogP contribution in [0.4, 0.5) is 5.69 Å². The predicted molar refractivity (Wildman–Crippen MR) is 138 cm³/mol. The van der Waals surface area contributed by atoms with E-state index in [0.29, 0.717) is 35.3 Å². The van der Waals surface area contributed by atoms with Gasteiger partial charge in [0.15, 0.2) is 0 Å². The highest BCUT2D eigenvalue weighted by atomic mass is 35.5. The molecule has 1 saturated heterocycles. The molecule has 1 heterocycles. The quantitative estimate of drug-likeness (QED) is 0.241. The highest BCUT2D eigenvalue weighted by molar-refractivity contribution is 6.52. The molecule has 36 heavy (non-hydrogen) atoms. The van der Waals surface area contributed by atoms with Gasteiger partial charge in [0.05, 0.1) is 30.4 Å². The summed E-state index contributed by atoms with van der Waals surface area (Å²) in [7, 11) is 1.47. The highest BCUT2D eigenvalue weighted by Gasteiger charge is 2.47. The first-order valence-corrected chi connectivity index (χ1v) is 11.8.